The minimum atomic E-state index is 0. The van der Waals surface area contributed by atoms with Crippen LogP contribution in [0.15, 0.2) is 29.3 Å². The number of halogens is 1. The maximum absolute atomic E-state index is 5.73. The van der Waals surface area contributed by atoms with E-state index in [2.05, 4.69) is 40.7 Å². The van der Waals surface area contributed by atoms with Crippen LogP contribution in [0.1, 0.15) is 50.6 Å². The molecule has 170 valence electrons. The van der Waals surface area contributed by atoms with Gasteiger partial charge in [-0.1, -0.05) is 12.1 Å². The Kier molecular flexibility index (Phi) is 11.8. The molecular weight excluding hydrogens is 491 g/mol. The van der Waals surface area contributed by atoms with Crippen LogP contribution in [0, 0.1) is 5.92 Å². The lowest BCUT2D eigenvalue weighted by Crippen LogP contribution is -2.39. The summed E-state index contributed by atoms with van der Waals surface area (Å²) in [7, 11) is 1.73. The molecule has 0 bridgehead atoms. The fourth-order valence-corrected chi connectivity index (χ4v) is 3.77. The first-order valence-electron chi connectivity index (χ1n) is 11.3. The first-order valence-corrected chi connectivity index (χ1v) is 11.3. The van der Waals surface area contributed by atoms with Gasteiger partial charge < -0.3 is 20.1 Å². The van der Waals surface area contributed by atoms with Gasteiger partial charge in [0.2, 0.25) is 0 Å². The lowest BCUT2D eigenvalue weighted by molar-refractivity contribution is 0.123. The van der Waals surface area contributed by atoms with Crippen molar-refractivity contribution in [3.8, 4) is 5.75 Å². The quantitative estimate of drug-likeness (QED) is 0.186. The zero-order valence-electron chi connectivity index (χ0n) is 18.6. The molecule has 2 aliphatic rings. The molecule has 1 atom stereocenters. The summed E-state index contributed by atoms with van der Waals surface area (Å²) in [5, 5.41) is 6.84. The highest BCUT2D eigenvalue weighted by atomic mass is 127. The SMILES string of the molecule is CCNC(=NCC(c1cccc(OC)c1)N1CCCC1)NCCCOCC1CC1.I. The van der Waals surface area contributed by atoms with Gasteiger partial charge in [0.15, 0.2) is 5.96 Å². The Morgan fingerprint density at radius 2 is 2.03 bits per heavy atom. The van der Waals surface area contributed by atoms with Crippen molar-refractivity contribution in [2.24, 2.45) is 10.9 Å². The molecule has 6 nitrogen and oxygen atoms in total. The second-order valence-electron chi connectivity index (χ2n) is 8.05. The fourth-order valence-electron chi connectivity index (χ4n) is 3.77. The lowest BCUT2D eigenvalue weighted by Gasteiger charge is -2.27. The predicted molar refractivity (Wildman–Crippen MR) is 134 cm³/mol. The molecule has 2 N–H and O–H groups in total. The summed E-state index contributed by atoms with van der Waals surface area (Å²) >= 11 is 0. The number of likely N-dealkylation sites (tertiary alicyclic amines) is 1. The molecule has 0 radical (unpaired) electrons. The largest absolute Gasteiger partial charge is 0.497 e. The normalized spacial score (nSPS) is 18.0. The molecule has 1 aromatic carbocycles. The van der Waals surface area contributed by atoms with E-state index in [0.717, 1.165) is 70.0 Å². The molecule has 1 saturated heterocycles. The monoisotopic (exact) mass is 530 g/mol. The first kappa shape index (κ1) is 25.2. The van der Waals surface area contributed by atoms with Crippen LogP contribution < -0.4 is 15.4 Å². The average Bonchev–Trinajstić information content (AvgIpc) is 3.42. The zero-order chi connectivity index (χ0) is 20.3. The maximum atomic E-state index is 5.73. The van der Waals surface area contributed by atoms with Crippen LogP contribution >= 0.6 is 24.0 Å². The van der Waals surface area contributed by atoms with Gasteiger partial charge in [-0.2, -0.15) is 0 Å². The Hall–Kier alpha value is -1.06. The van der Waals surface area contributed by atoms with Crippen LogP contribution in [-0.4, -0.2) is 63.9 Å². The van der Waals surface area contributed by atoms with Crippen molar-refractivity contribution in [3.63, 3.8) is 0 Å². The molecule has 0 amide bonds. The number of guanidine groups is 1. The van der Waals surface area contributed by atoms with E-state index in [-0.39, 0.29) is 30.0 Å². The van der Waals surface area contributed by atoms with Crippen molar-refractivity contribution in [3.05, 3.63) is 29.8 Å². The van der Waals surface area contributed by atoms with Crippen molar-refractivity contribution in [2.75, 3.05) is 53.0 Å². The summed E-state index contributed by atoms with van der Waals surface area (Å²) in [5.41, 5.74) is 1.28. The molecule has 1 saturated carbocycles. The fraction of sp³-hybridized carbons (Fsp3) is 0.696. The minimum Gasteiger partial charge on any atom is -0.497 e. The highest BCUT2D eigenvalue weighted by molar-refractivity contribution is 14.0. The molecule has 0 aromatic heterocycles. The number of ether oxygens (including phenoxy) is 2. The minimum absolute atomic E-state index is 0. The third kappa shape index (κ3) is 8.59. The highest BCUT2D eigenvalue weighted by Gasteiger charge is 2.24. The Bertz CT molecular complexity index is 633. The molecule has 30 heavy (non-hydrogen) atoms. The summed E-state index contributed by atoms with van der Waals surface area (Å²) in [6.45, 7) is 8.62. The topological polar surface area (TPSA) is 58.1 Å². The molecule has 1 aliphatic carbocycles. The molecule has 0 spiro atoms. The number of nitrogens with one attached hydrogen (secondary N) is 2. The van der Waals surface area contributed by atoms with E-state index >= 15 is 0 Å². The van der Waals surface area contributed by atoms with Gasteiger partial charge in [-0.15, -0.1) is 24.0 Å². The molecule has 1 aliphatic heterocycles. The van der Waals surface area contributed by atoms with Gasteiger partial charge in [-0.3, -0.25) is 9.89 Å². The predicted octanol–water partition coefficient (Wildman–Crippen LogP) is 3.82. The third-order valence-corrected chi connectivity index (χ3v) is 5.63. The molecule has 1 heterocycles. The van der Waals surface area contributed by atoms with Gasteiger partial charge in [0, 0.05) is 26.3 Å². The first-order chi connectivity index (χ1) is 14.3. The molecule has 1 aromatic rings. The summed E-state index contributed by atoms with van der Waals surface area (Å²) in [5.74, 6) is 2.63. The Morgan fingerprint density at radius 1 is 1.23 bits per heavy atom. The van der Waals surface area contributed by atoms with E-state index < -0.39 is 0 Å². The number of aliphatic imine (C=N–C) groups is 1. The standard InChI is InChI=1S/C23H38N4O2.HI/c1-3-24-23(25-12-7-15-29-18-19-10-11-19)26-17-22(27-13-4-5-14-27)20-8-6-9-21(16-20)28-2;/h6,8-9,16,19,22H,3-5,7,10-15,17-18H2,1-2H3,(H2,24,25,26);1H. The Morgan fingerprint density at radius 3 is 2.73 bits per heavy atom. The van der Waals surface area contributed by atoms with Crippen molar-refractivity contribution in [1.82, 2.24) is 15.5 Å². The van der Waals surface area contributed by atoms with E-state index in [4.69, 9.17) is 14.5 Å². The van der Waals surface area contributed by atoms with Gasteiger partial charge in [0.1, 0.15) is 5.75 Å². The van der Waals surface area contributed by atoms with Gasteiger partial charge in [-0.05, 0) is 75.7 Å². The van der Waals surface area contributed by atoms with Crippen LogP contribution in [0.4, 0.5) is 0 Å². The number of rotatable bonds is 12. The molecule has 3 rings (SSSR count). The number of nitrogens with zero attached hydrogens (tertiary/aromatic N) is 2. The zero-order valence-corrected chi connectivity index (χ0v) is 20.9. The van der Waals surface area contributed by atoms with Gasteiger partial charge >= 0.3 is 0 Å². The molecule has 2 fully saturated rings. The van der Waals surface area contributed by atoms with Gasteiger partial charge in [0.25, 0.3) is 0 Å². The van der Waals surface area contributed by atoms with E-state index in [9.17, 15) is 0 Å². The number of benzene rings is 1. The van der Waals surface area contributed by atoms with Crippen LogP contribution in [-0.2, 0) is 4.74 Å². The Balaban J connectivity index is 0.00000320. The summed E-state index contributed by atoms with van der Waals surface area (Å²) < 4.78 is 11.2. The second kappa shape index (κ2) is 14.1. The molecule has 7 heteroatoms. The van der Waals surface area contributed by atoms with E-state index in [1.165, 1.54) is 31.2 Å². The number of hydrogen-bond donors (Lipinski definition) is 2. The Labute approximate surface area is 199 Å². The van der Waals surface area contributed by atoms with Gasteiger partial charge in [0.05, 0.1) is 19.7 Å². The smallest absolute Gasteiger partial charge is 0.191 e. The van der Waals surface area contributed by atoms with E-state index in [1.807, 2.05) is 6.07 Å². The average molecular weight is 530 g/mol. The van der Waals surface area contributed by atoms with E-state index in [0.29, 0.717) is 0 Å². The summed E-state index contributed by atoms with van der Waals surface area (Å²) in [4.78, 5) is 7.47. The number of methoxy groups -OCH3 is 1. The van der Waals surface area contributed by atoms with Crippen molar-refractivity contribution >= 4 is 29.9 Å². The van der Waals surface area contributed by atoms with Crippen molar-refractivity contribution in [1.29, 1.82) is 0 Å². The maximum Gasteiger partial charge on any atom is 0.191 e. The summed E-state index contributed by atoms with van der Waals surface area (Å²) in [6.07, 6.45) is 6.23. The van der Waals surface area contributed by atoms with Crippen LogP contribution in [0.3, 0.4) is 0 Å². The van der Waals surface area contributed by atoms with Crippen molar-refractivity contribution < 1.29 is 9.47 Å². The second-order valence-corrected chi connectivity index (χ2v) is 8.05. The van der Waals surface area contributed by atoms with Crippen LogP contribution in [0.2, 0.25) is 0 Å². The van der Waals surface area contributed by atoms with Crippen molar-refractivity contribution in [2.45, 2.75) is 45.1 Å². The van der Waals surface area contributed by atoms with Gasteiger partial charge in [-0.25, -0.2) is 0 Å². The number of hydrogen-bond acceptors (Lipinski definition) is 4. The van der Waals surface area contributed by atoms with E-state index in [1.54, 1.807) is 7.11 Å². The highest BCUT2D eigenvalue weighted by Crippen LogP contribution is 2.29. The summed E-state index contributed by atoms with van der Waals surface area (Å²) in [6, 6.07) is 8.70. The molecular formula is C23H39IN4O2. The van der Waals surface area contributed by atoms with Crippen LogP contribution in [0.25, 0.3) is 0 Å². The third-order valence-electron chi connectivity index (χ3n) is 5.63. The lowest BCUT2D eigenvalue weighted by atomic mass is 10.1. The molecule has 1 unspecified atom stereocenters. The van der Waals surface area contributed by atoms with Crippen LogP contribution in [0.5, 0.6) is 5.75 Å².